The van der Waals surface area contributed by atoms with Crippen molar-refractivity contribution in [3.8, 4) is 11.1 Å². The van der Waals surface area contributed by atoms with Crippen LogP contribution in [0.1, 0.15) is 50.8 Å². The summed E-state index contributed by atoms with van der Waals surface area (Å²) in [6, 6.07) is 28.4. The number of aromatic nitrogens is 3. The van der Waals surface area contributed by atoms with Crippen LogP contribution in [-0.4, -0.2) is 78.0 Å². The van der Waals surface area contributed by atoms with E-state index in [2.05, 4.69) is 94.8 Å². The second-order valence-corrected chi connectivity index (χ2v) is 21.2. The standard InChI is InChI=1S/C46H50F4N8O2Si/c1-45(2,3)61(35-10-6-4-7-11-35,36-12-8-5-9-13-36)60-25-24-56-20-22-57(23-21-56)28-32-14-16-33(27-38(32)46(48,49)50)54-44(59)55-40-19-15-31(26-39(40)47)37-29-58(34-17-18-34)43-41(37)42(51)52-30-53-43/h4-16,19,26-27,29-30,34H,17-18,20-25,28H2,1-3H3,(H2,51,52,53)(H2,54,55,59). The van der Waals surface area contributed by atoms with Crippen LogP contribution in [0.4, 0.5) is 39.5 Å². The Kier molecular flexibility index (Phi) is 11.8. The number of urea groups is 1. The molecule has 61 heavy (non-hydrogen) atoms. The molecule has 4 aromatic carbocycles. The number of amides is 2. The quantitative estimate of drug-likeness (QED) is 0.0837. The number of benzene rings is 4. The number of fused-ring (bicyclic) bond motifs is 1. The monoisotopic (exact) mass is 850 g/mol. The summed E-state index contributed by atoms with van der Waals surface area (Å²) in [6.45, 7) is 10.6. The second-order valence-electron chi connectivity index (χ2n) is 16.9. The van der Waals surface area contributed by atoms with Crippen molar-refractivity contribution in [2.45, 2.75) is 57.4 Å². The number of halogens is 4. The van der Waals surface area contributed by atoms with Gasteiger partial charge in [-0.1, -0.05) is 93.6 Å². The third-order valence-corrected chi connectivity index (χ3v) is 16.8. The molecule has 0 atom stereocenters. The first-order chi connectivity index (χ1) is 29.2. The molecule has 2 aliphatic rings. The van der Waals surface area contributed by atoms with Gasteiger partial charge in [-0.2, -0.15) is 13.2 Å². The molecule has 0 spiro atoms. The number of hydrogen-bond donors (Lipinski definition) is 3. The molecule has 10 nitrogen and oxygen atoms in total. The molecule has 2 fully saturated rings. The van der Waals surface area contributed by atoms with Crippen LogP contribution >= 0.6 is 0 Å². The minimum Gasteiger partial charge on any atom is -0.406 e. The molecular weight excluding hydrogens is 801 g/mol. The average molecular weight is 851 g/mol. The molecule has 15 heteroatoms. The van der Waals surface area contributed by atoms with Gasteiger partial charge in [-0.05, 0) is 63.6 Å². The molecular formula is C46H50F4N8O2Si. The Hall–Kier alpha value is -5.61. The predicted octanol–water partition coefficient (Wildman–Crippen LogP) is 8.51. The molecule has 0 bridgehead atoms. The van der Waals surface area contributed by atoms with E-state index in [1.165, 1.54) is 41.0 Å². The van der Waals surface area contributed by atoms with Gasteiger partial charge < -0.3 is 25.4 Å². The van der Waals surface area contributed by atoms with Gasteiger partial charge in [0, 0.05) is 69.4 Å². The van der Waals surface area contributed by atoms with E-state index in [-0.39, 0.29) is 34.3 Å². The molecule has 1 saturated carbocycles. The summed E-state index contributed by atoms with van der Waals surface area (Å²) in [7, 11) is -2.68. The Morgan fingerprint density at radius 2 is 1.51 bits per heavy atom. The largest absolute Gasteiger partial charge is 0.416 e. The number of nitrogens with one attached hydrogen (secondary N) is 2. The van der Waals surface area contributed by atoms with Crippen LogP contribution in [0.3, 0.4) is 0 Å². The molecule has 318 valence electrons. The van der Waals surface area contributed by atoms with Crippen LogP contribution in [0.2, 0.25) is 5.04 Å². The van der Waals surface area contributed by atoms with E-state index >= 15 is 4.39 Å². The summed E-state index contributed by atoms with van der Waals surface area (Å²) in [5.41, 5.74) is 7.10. The maximum Gasteiger partial charge on any atom is 0.416 e. The Labute approximate surface area is 353 Å². The van der Waals surface area contributed by atoms with Crippen LogP contribution in [0.5, 0.6) is 0 Å². The summed E-state index contributed by atoms with van der Waals surface area (Å²) in [5, 5.41) is 7.78. The Morgan fingerprint density at radius 3 is 2.11 bits per heavy atom. The van der Waals surface area contributed by atoms with Crippen molar-refractivity contribution in [1.29, 1.82) is 0 Å². The van der Waals surface area contributed by atoms with Gasteiger partial charge >= 0.3 is 12.2 Å². The van der Waals surface area contributed by atoms with Crippen LogP contribution < -0.4 is 26.7 Å². The first-order valence-corrected chi connectivity index (χ1v) is 22.5. The van der Waals surface area contributed by atoms with E-state index in [0.29, 0.717) is 67.5 Å². The van der Waals surface area contributed by atoms with Crippen molar-refractivity contribution in [2.24, 2.45) is 0 Å². The van der Waals surface area contributed by atoms with Crippen LogP contribution in [0, 0.1) is 5.82 Å². The normalized spacial score (nSPS) is 15.6. The number of carbonyl (C=O) groups is 1. The number of piperazine rings is 1. The van der Waals surface area contributed by atoms with Gasteiger partial charge in [-0.25, -0.2) is 19.2 Å². The fourth-order valence-electron chi connectivity index (χ4n) is 8.58. The smallest absolute Gasteiger partial charge is 0.406 e. The van der Waals surface area contributed by atoms with Gasteiger partial charge in [0.2, 0.25) is 0 Å². The number of nitrogen functional groups attached to an aromatic ring is 1. The number of alkyl halides is 3. The molecule has 2 aromatic heterocycles. The van der Waals surface area contributed by atoms with Crippen molar-refractivity contribution < 1.29 is 26.8 Å². The molecule has 3 heterocycles. The number of rotatable bonds is 12. The van der Waals surface area contributed by atoms with Gasteiger partial charge in [0.15, 0.2) is 0 Å². The predicted molar refractivity (Wildman–Crippen MR) is 235 cm³/mol. The lowest BCUT2D eigenvalue weighted by Crippen LogP contribution is -2.67. The lowest BCUT2D eigenvalue weighted by Gasteiger charge is -2.43. The zero-order valence-corrected chi connectivity index (χ0v) is 35.5. The van der Waals surface area contributed by atoms with Gasteiger partial charge in [-0.3, -0.25) is 9.80 Å². The average Bonchev–Trinajstić information content (AvgIpc) is 4.00. The highest BCUT2D eigenvalue weighted by Gasteiger charge is 2.50. The minimum atomic E-state index is -4.66. The minimum absolute atomic E-state index is 0.0697. The highest BCUT2D eigenvalue weighted by molar-refractivity contribution is 6.99. The third-order valence-electron chi connectivity index (χ3n) is 11.8. The van der Waals surface area contributed by atoms with Crippen molar-refractivity contribution in [3.05, 3.63) is 127 Å². The topological polar surface area (TPSA) is 114 Å². The number of carbonyl (C=O) groups excluding carboxylic acids is 1. The SMILES string of the molecule is CC(C)(C)[Si](OCCN1CCN(Cc2ccc(NC(=O)Nc3ccc(-c4cn(C5CC5)c5ncnc(N)c45)cc3F)cc2C(F)(F)F)CC1)(c1ccccc1)c1ccccc1. The van der Waals surface area contributed by atoms with Crippen LogP contribution in [0.25, 0.3) is 22.2 Å². The highest BCUT2D eigenvalue weighted by atomic mass is 28.4. The molecule has 6 aromatic rings. The van der Waals surface area contributed by atoms with Crippen molar-refractivity contribution in [3.63, 3.8) is 0 Å². The summed E-state index contributed by atoms with van der Waals surface area (Å²) in [5.74, 6) is -0.453. The van der Waals surface area contributed by atoms with Gasteiger partial charge in [0.25, 0.3) is 8.32 Å². The summed E-state index contributed by atoms with van der Waals surface area (Å²) in [6.07, 6.45) is 0.635. The fraction of sp³-hybridized carbons (Fsp3) is 0.326. The molecule has 0 unspecified atom stereocenters. The Morgan fingerprint density at radius 1 is 0.852 bits per heavy atom. The lowest BCUT2D eigenvalue weighted by molar-refractivity contribution is -0.138. The first-order valence-electron chi connectivity index (χ1n) is 20.6. The van der Waals surface area contributed by atoms with Crippen molar-refractivity contribution >= 4 is 52.9 Å². The molecule has 2 amide bonds. The zero-order chi connectivity index (χ0) is 42.9. The number of nitrogens with two attached hydrogens (primary N) is 1. The first kappa shape index (κ1) is 42.1. The summed E-state index contributed by atoms with van der Waals surface area (Å²) >= 11 is 0. The summed E-state index contributed by atoms with van der Waals surface area (Å²) < 4.78 is 67.9. The van der Waals surface area contributed by atoms with Gasteiger partial charge in [-0.15, -0.1) is 0 Å². The number of nitrogens with zero attached hydrogens (tertiary/aromatic N) is 5. The van der Waals surface area contributed by atoms with Crippen LogP contribution in [0.15, 0.2) is 110 Å². The van der Waals surface area contributed by atoms with E-state index in [9.17, 15) is 18.0 Å². The lowest BCUT2D eigenvalue weighted by atomic mass is 10.0. The molecule has 1 aliphatic carbocycles. The number of anilines is 3. The van der Waals surface area contributed by atoms with E-state index in [1.54, 1.807) is 6.07 Å². The van der Waals surface area contributed by atoms with Gasteiger partial charge in [0.1, 0.15) is 23.6 Å². The molecule has 1 saturated heterocycles. The molecule has 8 rings (SSSR count). The van der Waals surface area contributed by atoms with E-state index < -0.39 is 31.9 Å². The zero-order valence-electron chi connectivity index (χ0n) is 34.5. The Bertz CT molecular complexity index is 2460. The highest BCUT2D eigenvalue weighted by Crippen LogP contribution is 2.42. The fourth-order valence-corrected chi connectivity index (χ4v) is 13.1. The molecule has 4 N–H and O–H groups in total. The van der Waals surface area contributed by atoms with E-state index in [1.807, 2.05) is 27.8 Å². The van der Waals surface area contributed by atoms with E-state index in [0.717, 1.165) is 18.9 Å². The van der Waals surface area contributed by atoms with Gasteiger partial charge in [0.05, 0.1) is 16.6 Å². The third kappa shape index (κ3) is 8.92. The number of hydrogen-bond acceptors (Lipinski definition) is 7. The second kappa shape index (κ2) is 17.0. The van der Waals surface area contributed by atoms with Crippen LogP contribution in [-0.2, 0) is 17.1 Å². The molecule has 1 aliphatic heterocycles. The Balaban J connectivity index is 0.883. The summed E-state index contributed by atoms with van der Waals surface area (Å²) in [4.78, 5) is 25.8. The maximum atomic E-state index is 15.4. The maximum absolute atomic E-state index is 15.4. The molecule has 0 radical (unpaired) electrons. The van der Waals surface area contributed by atoms with Crippen molar-refractivity contribution in [2.75, 3.05) is 55.7 Å². The van der Waals surface area contributed by atoms with Crippen molar-refractivity contribution in [1.82, 2.24) is 24.3 Å². The van der Waals surface area contributed by atoms with E-state index in [4.69, 9.17) is 10.2 Å².